The normalized spacial score (nSPS) is 13.5. The highest BCUT2D eigenvalue weighted by Crippen LogP contribution is 2.31. The molecular formula is C27H28F2N4O3. The van der Waals surface area contributed by atoms with Gasteiger partial charge in [0.1, 0.15) is 11.9 Å². The van der Waals surface area contributed by atoms with Crippen LogP contribution in [0.15, 0.2) is 77.9 Å². The zero-order valence-corrected chi connectivity index (χ0v) is 20.5. The van der Waals surface area contributed by atoms with E-state index >= 15 is 0 Å². The van der Waals surface area contributed by atoms with Crippen molar-refractivity contribution in [2.45, 2.75) is 38.8 Å². The Morgan fingerprint density at radius 3 is 2.44 bits per heavy atom. The average Bonchev–Trinajstić information content (AvgIpc) is 3.26. The first-order chi connectivity index (χ1) is 17.0. The summed E-state index contributed by atoms with van der Waals surface area (Å²) in [5.41, 5.74) is 2.16. The third kappa shape index (κ3) is 5.30. The lowest BCUT2D eigenvalue weighted by atomic mass is 9.92. The summed E-state index contributed by atoms with van der Waals surface area (Å²) in [5, 5.41) is 7.73. The van der Waals surface area contributed by atoms with Gasteiger partial charge in [-0.15, -0.1) is 0 Å². The highest BCUT2D eigenvalue weighted by molar-refractivity contribution is 5.83. The summed E-state index contributed by atoms with van der Waals surface area (Å²) in [7, 11) is 1.67. The fraction of sp³-hybridized carbons (Fsp3) is 0.296. The van der Waals surface area contributed by atoms with Gasteiger partial charge in [0, 0.05) is 31.6 Å². The van der Waals surface area contributed by atoms with Crippen molar-refractivity contribution in [2.75, 3.05) is 0 Å². The van der Waals surface area contributed by atoms with Crippen molar-refractivity contribution in [2.24, 2.45) is 13.0 Å². The van der Waals surface area contributed by atoms with Crippen molar-refractivity contribution in [3.8, 4) is 11.4 Å². The van der Waals surface area contributed by atoms with Gasteiger partial charge in [-0.1, -0.05) is 44.2 Å². The van der Waals surface area contributed by atoms with Crippen LogP contribution in [0.2, 0.25) is 0 Å². The van der Waals surface area contributed by atoms with E-state index in [1.165, 1.54) is 10.6 Å². The highest BCUT2D eigenvalue weighted by atomic mass is 19.3. The molecule has 4 aromatic rings. The van der Waals surface area contributed by atoms with E-state index in [1.54, 1.807) is 36.3 Å². The summed E-state index contributed by atoms with van der Waals surface area (Å²) in [4.78, 5) is 23.9. The molecule has 0 saturated heterocycles. The summed E-state index contributed by atoms with van der Waals surface area (Å²) in [6, 6.07) is 17.1. The summed E-state index contributed by atoms with van der Waals surface area (Å²) < 4.78 is 37.0. The molecule has 0 fully saturated rings. The van der Waals surface area contributed by atoms with Crippen LogP contribution in [0.5, 0.6) is 5.75 Å². The molecule has 0 spiro atoms. The Balaban J connectivity index is 1.69. The lowest BCUT2D eigenvalue weighted by Crippen LogP contribution is -2.49. The Kier molecular flexibility index (Phi) is 6.92. The van der Waals surface area contributed by atoms with Crippen molar-refractivity contribution in [1.82, 2.24) is 19.7 Å². The molecule has 0 bridgehead atoms. The van der Waals surface area contributed by atoms with Gasteiger partial charge in [-0.05, 0) is 35.7 Å². The summed E-state index contributed by atoms with van der Waals surface area (Å²) >= 11 is 0. The molecule has 1 unspecified atom stereocenters. The molecule has 9 heteroatoms. The zero-order valence-electron chi connectivity index (χ0n) is 20.5. The Morgan fingerprint density at radius 2 is 1.81 bits per heavy atom. The predicted octanol–water partition coefficient (Wildman–Crippen LogP) is 4.64. The number of rotatable bonds is 8. The molecule has 1 N–H and O–H groups in total. The number of nitrogens with one attached hydrogen (secondary N) is 1. The molecule has 188 valence electrons. The third-order valence-electron chi connectivity index (χ3n) is 5.99. The SMILES string of the molecule is CC(C)C(NC(=O)C(C)(F)F)[C@@H](Oc1ccc2c(cnn2-c2ccc(=O)n(C)c2)c1)c1ccccc1. The quantitative estimate of drug-likeness (QED) is 0.387. The molecule has 1 amide bonds. The molecule has 7 nitrogen and oxygen atoms in total. The maximum atomic E-state index is 13.7. The van der Waals surface area contributed by atoms with Crippen LogP contribution in [0, 0.1) is 5.92 Å². The van der Waals surface area contributed by atoms with Crippen LogP contribution in [0.3, 0.4) is 0 Å². The third-order valence-corrected chi connectivity index (χ3v) is 5.99. The van der Waals surface area contributed by atoms with Gasteiger partial charge in [0.25, 0.3) is 5.91 Å². The number of aryl methyl sites for hydroxylation is 1. The van der Waals surface area contributed by atoms with Crippen LogP contribution < -0.4 is 15.6 Å². The van der Waals surface area contributed by atoms with Gasteiger partial charge >= 0.3 is 5.92 Å². The first-order valence-electron chi connectivity index (χ1n) is 11.6. The van der Waals surface area contributed by atoms with E-state index in [4.69, 9.17) is 4.74 Å². The molecule has 0 radical (unpaired) electrons. The van der Waals surface area contributed by atoms with Crippen LogP contribution in [0.1, 0.15) is 32.4 Å². The van der Waals surface area contributed by atoms with E-state index in [1.807, 2.05) is 56.3 Å². The number of nitrogens with zero attached hydrogens (tertiary/aromatic N) is 3. The minimum Gasteiger partial charge on any atom is -0.484 e. The van der Waals surface area contributed by atoms with Crippen molar-refractivity contribution in [3.63, 3.8) is 0 Å². The van der Waals surface area contributed by atoms with Crippen LogP contribution in [-0.4, -0.2) is 32.2 Å². The van der Waals surface area contributed by atoms with Crippen LogP contribution in [0.25, 0.3) is 16.6 Å². The van der Waals surface area contributed by atoms with Crippen molar-refractivity contribution in [1.29, 1.82) is 0 Å². The molecule has 2 aromatic carbocycles. The number of hydrogen-bond acceptors (Lipinski definition) is 4. The van der Waals surface area contributed by atoms with E-state index in [0.717, 1.165) is 22.2 Å². The number of carbonyl (C=O) groups excluding carboxylic acids is 1. The van der Waals surface area contributed by atoms with Gasteiger partial charge in [0.05, 0.1) is 23.4 Å². The van der Waals surface area contributed by atoms with E-state index < -0.39 is 24.0 Å². The van der Waals surface area contributed by atoms with Crippen molar-refractivity contribution in [3.05, 3.63) is 89.0 Å². The topological polar surface area (TPSA) is 78.2 Å². The number of ether oxygens (including phenoxy) is 1. The van der Waals surface area contributed by atoms with Gasteiger partial charge < -0.3 is 14.6 Å². The van der Waals surface area contributed by atoms with E-state index in [-0.39, 0.29) is 11.5 Å². The maximum Gasteiger partial charge on any atom is 0.321 e. The molecule has 0 aliphatic carbocycles. The maximum absolute atomic E-state index is 13.7. The number of hydrogen-bond donors (Lipinski definition) is 1. The summed E-state index contributed by atoms with van der Waals surface area (Å²) in [6.07, 6.45) is 2.67. The first kappa shape index (κ1) is 25.1. The Labute approximate surface area is 207 Å². The number of benzene rings is 2. The summed E-state index contributed by atoms with van der Waals surface area (Å²) in [6.45, 7) is 4.27. The van der Waals surface area contributed by atoms with E-state index in [2.05, 4.69) is 10.4 Å². The second-order valence-corrected chi connectivity index (χ2v) is 9.19. The largest absolute Gasteiger partial charge is 0.484 e. The molecule has 36 heavy (non-hydrogen) atoms. The lowest BCUT2D eigenvalue weighted by molar-refractivity contribution is -0.145. The molecule has 2 aromatic heterocycles. The number of alkyl halides is 2. The number of aromatic nitrogens is 3. The monoisotopic (exact) mass is 494 g/mol. The molecule has 2 heterocycles. The number of halogens is 2. The number of pyridine rings is 1. The Morgan fingerprint density at radius 1 is 1.08 bits per heavy atom. The molecule has 0 aliphatic heterocycles. The van der Waals surface area contributed by atoms with Gasteiger partial charge in [-0.2, -0.15) is 13.9 Å². The van der Waals surface area contributed by atoms with Crippen molar-refractivity contribution >= 4 is 16.8 Å². The van der Waals surface area contributed by atoms with Crippen LogP contribution in [-0.2, 0) is 11.8 Å². The van der Waals surface area contributed by atoms with Gasteiger partial charge in [-0.25, -0.2) is 4.68 Å². The van der Waals surface area contributed by atoms with Crippen LogP contribution in [0.4, 0.5) is 8.78 Å². The lowest BCUT2D eigenvalue weighted by Gasteiger charge is -2.32. The number of amides is 1. The second-order valence-electron chi connectivity index (χ2n) is 9.19. The molecule has 0 aliphatic rings. The Bertz CT molecular complexity index is 1420. The van der Waals surface area contributed by atoms with Gasteiger partial charge in [0.15, 0.2) is 0 Å². The van der Waals surface area contributed by atoms with Crippen molar-refractivity contribution < 1.29 is 18.3 Å². The molecule has 0 saturated carbocycles. The fourth-order valence-corrected chi connectivity index (χ4v) is 4.00. The highest BCUT2D eigenvalue weighted by Gasteiger charge is 2.37. The number of carbonyl (C=O) groups is 1. The minimum atomic E-state index is -3.51. The second kappa shape index (κ2) is 9.93. The standard InChI is InChI=1S/C27H28F2N4O3/c1-17(2)24(31-26(35)27(3,28)29)25(18-8-6-5-7-9-18)36-21-11-12-22-19(14-21)15-30-33(22)20-10-13-23(34)32(4)16-20/h5-17,24-25H,1-4H3,(H,31,35)/t24?,25-/m0/s1. The van der Waals surface area contributed by atoms with Gasteiger partial charge in [-0.3, -0.25) is 9.59 Å². The van der Waals surface area contributed by atoms with E-state index in [9.17, 15) is 18.4 Å². The molecular weight excluding hydrogens is 466 g/mol. The Hall–Kier alpha value is -4.01. The minimum absolute atomic E-state index is 0.120. The zero-order chi connectivity index (χ0) is 26.0. The molecule has 4 rings (SSSR count). The van der Waals surface area contributed by atoms with Crippen LogP contribution >= 0.6 is 0 Å². The van der Waals surface area contributed by atoms with E-state index in [0.29, 0.717) is 12.7 Å². The number of fused-ring (bicyclic) bond motifs is 1. The average molecular weight is 495 g/mol. The summed E-state index contributed by atoms with van der Waals surface area (Å²) in [5.74, 6) is -4.56. The first-order valence-corrected chi connectivity index (χ1v) is 11.6. The fourth-order valence-electron chi connectivity index (χ4n) is 4.00. The molecule has 2 atom stereocenters. The van der Waals surface area contributed by atoms with Gasteiger partial charge in [0.2, 0.25) is 5.56 Å². The predicted molar refractivity (Wildman–Crippen MR) is 134 cm³/mol. The smallest absolute Gasteiger partial charge is 0.321 e.